The van der Waals surface area contributed by atoms with E-state index in [4.69, 9.17) is 11.6 Å². The second kappa shape index (κ2) is 6.34. The summed E-state index contributed by atoms with van der Waals surface area (Å²) in [5.41, 5.74) is 1.44. The van der Waals surface area contributed by atoms with E-state index in [0.717, 1.165) is 29.7 Å². The van der Waals surface area contributed by atoms with Crippen molar-refractivity contribution >= 4 is 39.8 Å². The number of fused-ring (bicyclic) bond motifs is 1. The molecule has 0 bridgehead atoms. The van der Waals surface area contributed by atoms with Gasteiger partial charge in [-0.3, -0.25) is 4.79 Å². The van der Waals surface area contributed by atoms with Gasteiger partial charge in [0.25, 0.3) is 5.91 Å². The Morgan fingerprint density at radius 1 is 1.35 bits per heavy atom. The Hall–Kier alpha value is -1.85. The van der Waals surface area contributed by atoms with Gasteiger partial charge >= 0.3 is 5.97 Å². The first-order valence-corrected chi connectivity index (χ1v) is 8.60. The zero-order valence-corrected chi connectivity index (χ0v) is 14.1. The fourth-order valence-corrected chi connectivity index (χ4v) is 4.50. The number of benzene rings is 1. The maximum absolute atomic E-state index is 12.4. The Labute approximate surface area is 143 Å². The quantitative estimate of drug-likeness (QED) is 0.858. The summed E-state index contributed by atoms with van der Waals surface area (Å²) < 4.78 is 0. The van der Waals surface area contributed by atoms with E-state index in [1.54, 1.807) is 24.3 Å². The Morgan fingerprint density at radius 3 is 2.78 bits per heavy atom. The molecule has 1 heterocycles. The predicted octanol–water partition coefficient (Wildman–Crippen LogP) is 4.48. The van der Waals surface area contributed by atoms with Crippen molar-refractivity contribution in [2.45, 2.75) is 26.2 Å². The molecular weight excluding hydrogens is 334 g/mol. The molecule has 0 saturated heterocycles. The molecule has 4 nitrogen and oxygen atoms in total. The van der Waals surface area contributed by atoms with Crippen LogP contribution in [-0.4, -0.2) is 17.0 Å². The van der Waals surface area contributed by atoms with E-state index in [1.807, 2.05) is 0 Å². The standard InChI is InChI=1S/C17H16ClNO3S/c1-9-6-7-11-13(8-9)23-16(14(11)17(21)22)19-15(20)10-4-2-3-5-12(10)18/h2-5,9H,6-8H2,1H3,(H,19,20)(H,21,22)/t9-/m1/s1. The molecular formula is C17H16ClNO3S. The number of rotatable bonds is 3. The summed E-state index contributed by atoms with van der Waals surface area (Å²) in [6.45, 7) is 2.16. The van der Waals surface area contributed by atoms with Crippen LogP contribution in [0.25, 0.3) is 0 Å². The van der Waals surface area contributed by atoms with Gasteiger partial charge in [-0.05, 0) is 42.9 Å². The van der Waals surface area contributed by atoms with Crippen molar-refractivity contribution in [3.05, 3.63) is 50.9 Å². The Kier molecular flexibility index (Phi) is 4.41. The molecule has 1 aliphatic rings. The minimum absolute atomic E-state index is 0.234. The third-order valence-electron chi connectivity index (χ3n) is 4.07. The summed E-state index contributed by atoms with van der Waals surface area (Å²) in [6, 6.07) is 6.72. The molecule has 1 amide bonds. The van der Waals surface area contributed by atoms with Gasteiger partial charge in [-0.2, -0.15) is 0 Å². The van der Waals surface area contributed by atoms with Crippen molar-refractivity contribution in [3.8, 4) is 0 Å². The highest BCUT2D eigenvalue weighted by Crippen LogP contribution is 2.39. The minimum atomic E-state index is -0.994. The van der Waals surface area contributed by atoms with Crippen LogP contribution in [0.1, 0.15) is 44.5 Å². The van der Waals surface area contributed by atoms with E-state index in [0.29, 0.717) is 21.5 Å². The lowest BCUT2D eigenvalue weighted by atomic mass is 9.88. The number of carboxylic acid groups (broad SMARTS) is 1. The average Bonchev–Trinajstić information content (AvgIpc) is 2.84. The lowest BCUT2D eigenvalue weighted by molar-refractivity contribution is 0.0697. The van der Waals surface area contributed by atoms with Gasteiger partial charge in [0.2, 0.25) is 0 Å². The fraction of sp³-hybridized carbons (Fsp3) is 0.294. The van der Waals surface area contributed by atoms with Gasteiger partial charge in [-0.15, -0.1) is 11.3 Å². The second-order valence-electron chi connectivity index (χ2n) is 5.80. The first-order valence-electron chi connectivity index (χ1n) is 7.41. The van der Waals surface area contributed by atoms with Crippen LogP contribution in [0.4, 0.5) is 5.00 Å². The topological polar surface area (TPSA) is 66.4 Å². The SMILES string of the molecule is C[C@@H]1CCc2c(sc(NC(=O)c3ccccc3Cl)c2C(=O)O)C1. The minimum Gasteiger partial charge on any atom is -0.478 e. The average molecular weight is 350 g/mol. The van der Waals surface area contributed by atoms with Crippen molar-refractivity contribution < 1.29 is 14.7 Å². The van der Waals surface area contributed by atoms with E-state index in [2.05, 4.69) is 12.2 Å². The van der Waals surface area contributed by atoms with Gasteiger partial charge < -0.3 is 10.4 Å². The molecule has 1 aromatic heterocycles. The molecule has 2 N–H and O–H groups in total. The summed E-state index contributed by atoms with van der Waals surface area (Å²) in [7, 11) is 0. The van der Waals surface area contributed by atoms with Crippen molar-refractivity contribution in [1.82, 2.24) is 0 Å². The zero-order valence-electron chi connectivity index (χ0n) is 12.6. The number of thiophene rings is 1. The zero-order chi connectivity index (χ0) is 16.6. The number of carbonyl (C=O) groups excluding carboxylic acids is 1. The highest BCUT2D eigenvalue weighted by molar-refractivity contribution is 7.17. The van der Waals surface area contributed by atoms with Crippen molar-refractivity contribution in [3.63, 3.8) is 0 Å². The van der Waals surface area contributed by atoms with Crippen LogP contribution in [0.2, 0.25) is 5.02 Å². The maximum Gasteiger partial charge on any atom is 0.339 e. The molecule has 3 rings (SSSR count). The van der Waals surface area contributed by atoms with Gasteiger partial charge in [0, 0.05) is 4.88 Å². The van der Waals surface area contributed by atoms with Gasteiger partial charge in [0.15, 0.2) is 0 Å². The molecule has 0 aliphatic heterocycles. The number of carboxylic acids is 1. The van der Waals surface area contributed by atoms with Crippen LogP contribution in [0, 0.1) is 5.92 Å². The third-order valence-corrected chi connectivity index (χ3v) is 5.57. The van der Waals surface area contributed by atoms with Crippen LogP contribution >= 0.6 is 22.9 Å². The molecule has 1 atom stereocenters. The Balaban J connectivity index is 1.96. The molecule has 0 radical (unpaired) electrons. The number of halogens is 1. The third kappa shape index (κ3) is 3.12. The smallest absolute Gasteiger partial charge is 0.339 e. The molecule has 1 aliphatic carbocycles. The van der Waals surface area contributed by atoms with Gasteiger partial charge in [-0.1, -0.05) is 30.7 Å². The molecule has 0 unspecified atom stereocenters. The summed E-state index contributed by atoms with van der Waals surface area (Å²) in [5, 5.41) is 13.0. The number of hydrogen-bond donors (Lipinski definition) is 2. The number of carbonyl (C=O) groups is 2. The van der Waals surface area contributed by atoms with Crippen LogP contribution in [0.3, 0.4) is 0 Å². The summed E-state index contributed by atoms with van der Waals surface area (Å²) >= 11 is 7.40. The van der Waals surface area contributed by atoms with Crippen LogP contribution in [-0.2, 0) is 12.8 Å². The van der Waals surface area contributed by atoms with Gasteiger partial charge in [-0.25, -0.2) is 4.79 Å². The summed E-state index contributed by atoms with van der Waals surface area (Å²) in [6.07, 6.45) is 2.58. The second-order valence-corrected chi connectivity index (χ2v) is 7.31. The number of amides is 1. The largest absolute Gasteiger partial charge is 0.478 e. The Morgan fingerprint density at radius 2 is 2.09 bits per heavy atom. The maximum atomic E-state index is 12.4. The number of nitrogens with one attached hydrogen (secondary N) is 1. The molecule has 0 fully saturated rings. The highest BCUT2D eigenvalue weighted by Gasteiger charge is 2.28. The number of aromatic carboxylic acids is 1. The monoisotopic (exact) mass is 349 g/mol. The highest BCUT2D eigenvalue weighted by atomic mass is 35.5. The summed E-state index contributed by atoms with van der Waals surface area (Å²) in [4.78, 5) is 25.1. The molecule has 23 heavy (non-hydrogen) atoms. The number of hydrogen-bond acceptors (Lipinski definition) is 3. The first kappa shape index (κ1) is 16.0. The van der Waals surface area contributed by atoms with Crippen LogP contribution in [0.15, 0.2) is 24.3 Å². The van der Waals surface area contributed by atoms with Crippen molar-refractivity contribution in [2.24, 2.45) is 5.92 Å². The molecule has 6 heteroatoms. The molecule has 0 spiro atoms. The van der Waals surface area contributed by atoms with Crippen LogP contribution in [0.5, 0.6) is 0 Å². The number of anilines is 1. The van der Waals surface area contributed by atoms with E-state index < -0.39 is 5.97 Å². The normalized spacial score (nSPS) is 16.7. The lowest BCUT2D eigenvalue weighted by Crippen LogP contribution is -2.15. The van der Waals surface area contributed by atoms with Crippen molar-refractivity contribution in [1.29, 1.82) is 0 Å². The predicted molar refractivity (Wildman–Crippen MR) is 91.9 cm³/mol. The molecule has 1 aromatic carbocycles. The first-order chi connectivity index (χ1) is 11.0. The summed E-state index contributed by atoms with van der Waals surface area (Å²) in [5.74, 6) is -0.842. The molecule has 120 valence electrons. The fourth-order valence-electron chi connectivity index (χ4n) is 2.88. The lowest BCUT2D eigenvalue weighted by Gasteiger charge is -2.17. The van der Waals surface area contributed by atoms with E-state index in [-0.39, 0.29) is 11.5 Å². The van der Waals surface area contributed by atoms with Crippen LogP contribution < -0.4 is 5.32 Å². The van der Waals surface area contributed by atoms with Gasteiger partial charge in [0.05, 0.1) is 16.1 Å². The van der Waals surface area contributed by atoms with Gasteiger partial charge in [0.1, 0.15) is 5.00 Å². The van der Waals surface area contributed by atoms with E-state index in [9.17, 15) is 14.7 Å². The molecule has 0 saturated carbocycles. The molecule has 2 aromatic rings. The van der Waals surface area contributed by atoms with E-state index in [1.165, 1.54) is 11.3 Å². The van der Waals surface area contributed by atoms with Crippen molar-refractivity contribution in [2.75, 3.05) is 5.32 Å². The van der Waals surface area contributed by atoms with E-state index >= 15 is 0 Å². The Bertz CT molecular complexity index is 784.